The minimum atomic E-state index is -1.23. The lowest BCUT2D eigenvalue weighted by atomic mass is 9.98. The molecule has 3 atom stereocenters. The van der Waals surface area contributed by atoms with Crippen molar-refractivity contribution in [2.24, 2.45) is 11.7 Å². The van der Waals surface area contributed by atoms with Crippen LogP contribution in [0.4, 0.5) is 0 Å². The third kappa shape index (κ3) is 6.66. The summed E-state index contributed by atoms with van der Waals surface area (Å²) in [6, 6.07) is 16.9. The molecule has 1 heterocycles. The molecule has 220 valence electrons. The van der Waals surface area contributed by atoms with Crippen molar-refractivity contribution >= 4 is 40.4 Å². The lowest BCUT2D eigenvalue weighted by Crippen LogP contribution is -2.56. The number of likely N-dealkylation sites (N-methyl/N-ethyl adjacent to an activating group) is 1. The van der Waals surface area contributed by atoms with Crippen LogP contribution in [0.5, 0.6) is 0 Å². The number of nitrogens with two attached hydrogens (primary N) is 1. The SMILES string of the molecule is CC(C)C[C@H](N[C@H](CCN1C(=O)c2ccccc2C1=O)C(=O)O)C(=O)N(C)[C@@H](Cc1ccc2ccccc2c1)C(N)=O. The molecule has 4 rings (SSSR count). The molecule has 0 aliphatic carbocycles. The van der Waals surface area contributed by atoms with Crippen LogP contribution in [0.25, 0.3) is 10.8 Å². The Morgan fingerprint density at radius 3 is 2.07 bits per heavy atom. The van der Waals surface area contributed by atoms with Gasteiger partial charge in [-0.3, -0.25) is 34.2 Å². The number of rotatable bonds is 13. The number of nitrogens with zero attached hydrogens (tertiary/aromatic N) is 2. The van der Waals surface area contributed by atoms with Gasteiger partial charge in [0.2, 0.25) is 11.8 Å². The van der Waals surface area contributed by atoms with Crippen molar-refractivity contribution in [2.75, 3.05) is 13.6 Å². The number of amides is 4. The number of aliphatic carboxylic acids is 1. The number of hydrogen-bond acceptors (Lipinski definition) is 6. The van der Waals surface area contributed by atoms with Gasteiger partial charge in [0.1, 0.15) is 12.1 Å². The number of carboxylic acid groups (broad SMARTS) is 1. The molecular formula is C32H36N4O6. The van der Waals surface area contributed by atoms with Crippen LogP contribution in [0.2, 0.25) is 0 Å². The molecule has 0 spiro atoms. The molecule has 4 N–H and O–H groups in total. The smallest absolute Gasteiger partial charge is 0.320 e. The Hall–Kier alpha value is -4.57. The van der Waals surface area contributed by atoms with Crippen LogP contribution in [0, 0.1) is 5.92 Å². The van der Waals surface area contributed by atoms with E-state index in [1.54, 1.807) is 24.3 Å². The molecular weight excluding hydrogens is 536 g/mol. The molecule has 1 aliphatic rings. The predicted molar refractivity (Wildman–Crippen MR) is 158 cm³/mol. The molecule has 0 saturated carbocycles. The maximum Gasteiger partial charge on any atom is 0.320 e. The van der Waals surface area contributed by atoms with E-state index in [2.05, 4.69) is 5.32 Å². The first-order chi connectivity index (χ1) is 20.0. The van der Waals surface area contributed by atoms with Crippen LogP contribution in [0.3, 0.4) is 0 Å². The molecule has 1 aliphatic heterocycles. The van der Waals surface area contributed by atoms with E-state index in [1.807, 2.05) is 56.3 Å². The Balaban J connectivity index is 1.48. The first kappa shape index (κ1) is 30.4. The van der Waals surface area contributed by atoms with Gasteiger partial charge in [-0.25, -0.2) is 0 Å². The summed E-state index contributed by atoms with van der Waals surface area (Å²) in [4.78, 5) is 66.3. The first-order valence-corrected chi connectivity index (χ1v) is 14.0. The van der Waals surface area contributed by atoms with Crippen molar-refractivity contribution in [1.29, 1.82) is 0 Å². The van der Waals surface area contributed by atoms with Crippen molar-refractivity contribution in [3.63, 3.8) is 0 Å². The van der Waals surface area contributed by atoms with Crippen LogP contribution in [-0.4, -0.2) is 76.2 Å². The topological polar surface area (TPSA) is 150 Å². The fourth-order valence-corrected chi connectivity index (χ4v) is 5.35. The molecule has 0 unspecified atom stereocenters. The molecule has 3 aromatic carbocycles. The lowest BCUT2D eigenvalue weighted by Gasteiger charge is -2.32. The van der Waals surface area contributed by atoms with Gasteiger partial charge in [-0.15, -0.1) is 0 Å². The van der Waals surface area contributed by atoms with E-state index in [0.29, 0.717) is 6.42 Å². The molecule has 0 bridgehead atoms. The third-order valence-electron chi connectivity index (χ3n) is 7.61. The zero-order valence-electron chi connectivity index (χ0n) is 23.9. The summed E-state index contributed by atoms with van der Waals surface area (Å²) in [6.07, 6.45) is 0.378. The van der Waals surface area contributed by atoms with Gasteiger partial charge < -0.3 is 15.7 Å². The highest BCUT2D eigenvalue weighted by molar-refractivity contribution is 6.21. The van der Waals surface area contributed by atoms with E-state index in [4.69, 9.17) is 5.73 Å². The highest BCUT2D eigenvalue weighted by Gasteiger charge is 2.37. The number of hydrogen-bond donors (Lipinski definition) is 3. The van der Waals surface area contributed by atoms with Crippen LogP contribution >= 0.6 is 0 Å². The minimum Gasteiger partial charge on any atom is -0.480 e. The number of carboxylic acids is 1. The Labute approximate surface area is 244 Å². The monoisotopic (exact) mass is 572 g/mol. The summed E-state index contributed by atoms with van der Waals surface area (Å²) in [5.74, 6) is -3.32. The average Bonchev–Trinajstić information content (AvgIpc) is 3.20. The summed E-state index contributed by atoms with van der Waals surface area (Å²) >= 11 is 0. The second-order valence-corrected chi connectivity index (χ2v) is 11.1. The average molecular weight is 573 g/mol. The summed E-state index contributed by atoms with van der Waals surface area (Å²) in [7, 11) is 1.49. The van der Waals surface area contributed by atoms with Gasteiger partial charge in [-0.05, 0) is 47.2 Å². The Morgan fingerprint density at radius 1 is 0.905 bits per heavy atom. The Kier molecular flexibility index (Phi) is 9.37. The van der Waals surface area contributed by atoms with E-state index in [0.717, 1.165) is 21.2 Å². The number of benzene rings is 3. The summed E-state index contributed by atoms with van der Waals surface area (Å²) in [6.45, 7) is 3.66. The van der Waals surface area contributed by atoms with Gasteiger partial charge in [0.25, 0.3) is 11.8 Å². The highest BCUT2D eigenvalue weighted by Crippen LogP contribution is 2.23. The third-order valence-corrected chi connectivity index (χ3v) is 7.61. The lowest BCUT2D eigenvalue weighted by molar-refractivity contribution is -0.143. The number of imide groups is 1. The molecule has 0 saturated heterocycles. The van der Waals surface area contributed by atoms with Crippen molar-refractivity contribution in [3.05, 3.63) is 83.4 Å². The molecule has 0 radical (unpaired) electrons. The maximum absolute atomic E-state index is 13.7. The van der Waals surface area contributed by atoms with E-state index >= 15 is 0 Å². The van der Waals surface area contributed by atoms with Gasteiger partial charge in [0, 0.05) is 20.0 Å². The second-order valence-electron chi connectivity index (χ2n) is 11.1. The molecule has 0 aromatic heterocycles. The van der Waals surface area contributed by atoms with E-state index in [9.17, 15) is 29.1 Å². The number of carbonyl (C=O) groups is 5. The van der Waals surface area contributed by atoms with Gasteiger partial charge in [0.15, 0.2) is 0 Å². The van der Waals surface area contributed by atoms with Crippen LogP contribution in [0.15, 0.2) is 66.7 Å². The van der Waals surface area contributed by atoms with E-state index < -0.39 is 47.7 Å². The van der Waals surface area contributed by atoms with Gasteiger partial charge in [0.05, 0.1) is 17.2 Å². The van der Waals surface area contributed by atoms with Crippen molar-refractivity contribution in [3.8, 4) is 0 Å². The summed E-state index contributed by atoms with van der Waals surface area (Å²) < 4.78 is 0. The zero-order chi connectivity index (χ0) is 30.6. The van der Waals surface area contributed by atoms with Gasteiger partial charge in [-0.2, -0.15) is 0 Å². The molecule has 3 aromatic rings. The normalized spacial score (nSPS) is 15.0. The van der Waals surface area contributed by atoms with Crippen LogP contribution in [-0.2, 0) is 20.8 Å². The Bertz CT molecular complexity index is 1480. The van der Waals surface area contributed by atoms with Gasteiger partial charge in [-0.1, -0.05) is 68.4 Å². The maximum atomic E-state index is 13.7. The summed E-state index contributed by atoms with van der Waals surface area (Å²) in [5.41, 5.74) is 7.14. The molecule has 42 heavy (non-hydrogen) atoms. The predicted octanol–water partition coefficient (Wildman–Crippen LogP) is 2.84. The number of carbonyl (C=O) groups excluding carboxylic acids is 4. The summed E-state index contributed by atoms with van der Waals surface area (Å²) in [5, 5.41) is 15.0. The van der Waals surface area contributed by atoms with E-state index in [1.165, 1.54) is 11.9 Å². The fourth-order valence-electron chi connectivity index (χ4n) is 5.35. The number of fused-ring (bicyclic) bond motifs is 2. The number of nitrogens with one attached hydrogen (secondary N) is 1. The molecule has 10 nitrogen and oxygen atoms in total. The fraction of sp³-hybridized carbons (Fsp3) is 0.344. The van der Waals surface area contributed by atoms with Crippen molar-refractivity contribution in [2.45, 2.75) is 51.2 Å². The second kappa shape index (κ2) is 12.9. The molecule has 10 heteroatoms. The zero-order valence-corrected chi connectivity index (χ0v) is 23.9. The van der Waals surface area contributed by atoms with Gasteiger partial charge >= 0.3 is 5.97 Å². The van der Waals surface area contributed by atoms with E-state index in [-0.39, 0.29) is 36.4 Å². The standard InChI is InChI=1S/C32H36N4O6/c1-19(2)16-26(34-25(32(41)42)14-15-36-29(38)23-10-6-7-11-24(23)30(36)39)31(40)35(3)27(28(33)37)18-20-12-13-21-8-4-5-9-22(21)17-20/h4-13,17,19,25-27,34H,14-16,18H2,1-3H3,(H2,33,37)(H,41,42)/t25-,26+,27+/m1/s1. The molecule has 0 fully saturated rings. The quantitative estimate of drug-likeness (QED) is 0.267. The minimum absolute atomic E-state index is 0.0121. The Morgan fingerprint density at radius 2 is 1.50 bits per heavy atom. The largest absolute Gasteiger partial charge is 0.480 e. The first-order valence-electron chi connectivity index (χ1n) is 14.0. The number of primary amides is 1. The van der Waals surface area contributed by atoms with Crippen molar-refractivity contribution < 1.29 is 29.1 Å². The highest BCUT2D eigenvalue weighted by atomic mass is 16.4. The van der Waals surface area contributed by atoms with Crippen LogP contribution in [0.1, 0.15) is 53.0 Å². The van der Waals surface area contributed by atoms with Crippen molar-refractivity contribution in [1.82, 2.24) is 15.1 Å². The van der Waals surface area contributed by atoms with Crippen LogP contribution < -0.4 is 11.1 Å². The molecule has 4 amide bonds.